The number of hydrogen-bond acceptors (Lipinski definition) is 4. The van der Waals surface area contributed by atoms with Crippen LogP contribution in [0.1, 0.15) is 16.8 Å². The van der Waals surface area contributed by atoms with Crippen molar-refractivity contribution in [2.75, 3.05) is 25.6 Å². The molecular weight excluding hydrogens is 279 g/mol. The summed E-state index contributed by atoms with van der Waals surface area (Å²) >= 11 is 0. The SMILES string of the molecule is Nc1ccc(C(=O)O)c(OCCCOCC(F)(F)F)c1. The molecule has 112 valence electrons. The van der Waals surface area contributed by atoms with Crippen molar-refractivity contribution in [3.63, 3.8) is 0 Å². The van der Waals surface area contributed by atoms with Crippen molar-refractivity contribution in [3.8, 4) is 5.75 Å². The number of alkyl halides is 3. The van der Waals surface area contributed by atoms with E-state index in [1.165, 1.54) is 18.2 Å². The molecular formula is C12H14F3NO4. The number of halogens is 3. The van der Waals surface area contributed by atoms with Gasteiger partial charge in [0.05, 0.1) is 13.2 Å². The van der Waals surface area contributed by atoms with Crippen LogP contribution in [0.3, 0.4) is 0 Å². The minimum Gasteiger partial charge on any atom is -0.493 e. The molecule has 0 spiro atoms. The number of carboxylic acids is 1. The van der Waals surface area contributed by atoms with Gasteiger partial charge in [0.25, 0.3) is 0 Å². The Bertz CT molecular complexity index is 463. The Morgan fingerprint density at radius 3 is 2.60 bits per heavy atom. The summed E-state index contributed by atoms with van der Waals surface area (Å²) in [5.41, 5.74) is 5.78. The number of nitrogen functional groups attached to an aromatic ring is 1. The highest BCUT2D eigenvalue weighted by Crippen LogP contribution is 2.22. The maximum Gasteiger partial charge on any atom is 0.411 e. The maximum absolute atomic E-state index is 11.8. The number of benzene rings is 1. The smallest absolute Gasteiger partial charge is 0.411 e. The van der Waals surface area contributed by atoms with Crippen LogP contribution in [0.25, 0.3) is 0 Å². The zero-order valence-electron chi connectivity index (χ0n) is 10.4. The number of anilines is 1. The molecule has 1 aromatic carbocycles. The molecule has 0 aliphatic carbocycles. The van der Waals surface area contributed by atoms with Crippen molar-refractivity contribution < 1.29 is 32.5 Å². The van der Waals surface area contributed by atoms with E-state index in [-0.39, 0.29) is 30.9 Å². The molecule has 0 saturated carbocycles. The first-order chi connectivity index (χ1) is 9.29. The molecule has 0 atom stereocenters. The van der Waals surface area contributed by atoms with E-state index < -0.39 is 18.8 Å². The van der Waals surface area contributed by atoms with E-state index in [0.29, 0.717) is 5.69 Å². The zero-order valence-corrected chi connectivity index (χ0v) is 10.4. The molecule has 0 unspecified atom stereocenters. The van der Waals surface area contributed by atoms with Gasteiger partial charge in [-0.15, -0.1) is 0 Å². The fourth-order valence-corrected chi connectivity index (χ4v) is 1.37. The highest BCUT2D eigenvalue weighted by Gasteiger charge is 2.27. The number of carbonyl (C=O) groups is 1. The van der Waals surface area contributed by atoms with Gasteiger partial charge < -0.3 is 20.3 Å². The molecule has 20 heavy (non-hydrogen) atoms. The molecule has 0 amide bonds. The highest BCUT2D eigenvalue weighted by molar-refractivity contribution is 5.91. The Balaban J connectivity index is 2.38. The maximum atomic E-state index is 11.8. The minimum atomic E-state index is -4.36. The Labute approximate surface area is 113 Å². The fraction of sp³-hybridized carbons (Fsp3) is 0.417. The van der Waals surface area contributed by atoms with Crippen molar-refractivity contribution in [2.24, 2.45) is 0 Å². The highest BCUT2D eigenvalue weighted by atomic mass is 19.4. The normalized spacial score (nSPS) is 11.3. The van der Waals surface area contributed by atoms with Gasteiger partial charge in [-0.3, -0.25) is 0 Å². The van der Waals surface area contributed by atoms with Gasteiger partial charge in [0.2, 0.25) is 0 Å². The van der Waals surface area contributed by atoms with Crippen LogP contribution in [0.4, 0.5) is 18.9 Å². The summed E-state index contributed by atoms with van der Waals surface area (Å²) in [6, 6.07) is 4.07. The van der Waals surface area contributed by atoms with Gasteiger partial charge in [-0.25, -0.2) is 4.79 Å². The van der Waals surface area contributed by atoms with Crippen molar-refractivity contribution in [3.05, 3.63) is 23.8 Å². The van der Waals surface area contributed by atoms with Gasteiger partial charge in [-0.1, -0.05) is 0 Å². The first-order valence-electron chi connectivity index (χ1n) is 5.70. The number of ether oxygens (including phenoxy) is 2. The molecule has 0 saturated heterocycles. The van der Waals surface area contributed by atoms with E-state index >= 15 is 0 Å². The van der Waals surface area contributed by atoms with Gasteiger partial charge in [-0.2, -0.15) is 13.2 Å². The molecule has 3 N–H and O–H groups in total. The largest absolute Gasteiger partial charge is 0.493 e. The predicted octanol–water partition coefficient (Wildman–Crippen LogP) is 2.31. The first-order valence-corrected chi connectivity index (χ1v) is 5.70. The molecule has 1 aromatic rings. The van der Waals surface area contributed by atoms with E-state index in [4.69, 9.17) is 15.6 Å². The van der Waals surface area contributed by atoms with E-state index in [9.17, 15) is 18.0 Å². The monoisotopic (exact) mass is 293 g/mol. The summed E-state index contributed by atoms with van der Waals surface area (Å²) in [6.45, 7) is -1.42. The molecule has 0 radical (unpaired) electrons. The lowest BCUT2D eigenvalue weighted by Crippen LogP contribution is -2.18. The van der Waals surface area contributed by atoms with Crippen LogP contribution in [0.5, 0.6) is 5.75 Å². The van der Waals surface area contributed by atoms with Gasteiger partial charge >= 0.3 is 12.1 Å². The Morgan fingerprint density at radius 2 is 2.00 bits per heavy atom. The zero-order chi connectivity index (χ0) is 15.2. The molecule has 0 fully saturated rings. The van der Waals surface area contributed by atoms with Crippen LogP contribution in [-0.4, -0.2) is 37.1 Å². The van der Waals surface area contributed by atoms with Crippen molar-refractivity contribution in [2.45, 2.75) is 12.6 Å². The quantitative estimate of drug-likeness (QED) is 0.595. The van der Waals surface area contributed by atoms with E-state index in [0.717, 1.165) is 0 Å². The van der Waals surface area contributed by atoms with Gasteiger partial charge in [-0.05, 0) is 12.1 Å². The number of carboxylic acid groups (broad SMARTS) is 1. The molecule has 0 bridgehead atoms. The van der Waals surface area contributed by atoms with Gasteiger partial charge in [0.15, 0.2) is 0 Å². The summed E-state index contributed by atoms with van der Waals surface area (Å²) in [6.07, 6.45) is -4.16. The van der Waals surface area contributed by atoms with E-state index in [1.54, 1.807) is 0 Å². The molecule has 0 aliphatic rings. The number of aromatic carboxylic acids is 1. The number of hydrogen-bond donors (Lipinski definition) is 2. The lowest BCUT2D eigenvalue weighted by molar-refractivity contribution is -0.174. The fourth-order valence-electron chi connectivity index (χ4n) is 1.37. The number of rotatable bonds is 7. The van der Waals surface area contributed by atoms with Crippen molar-refractivity contribution >= 4 is 11.7 Å². The number of nitrogens with two attached hydrogens (primary N) is 1. The summed E-state index contributed by atoms with van der Waals surface area (Å²) in [5, 5.41) is 8.92. The third-order valence-electron chi connectivity index (χ3n) is 2.19. The Kier molecular flexibility index (Phi) is 5.63. The third-order valence-corrected chi connectivity index (χ3v) is 2.19. The second-order valence-corrected chi connectivity index (χ2v) is 3.93. The molecule has 0 heterocycles. The van der Waals surface area contributed by atoms with Crippen LogP contribution in [0, 0.1) is 0 Å². The molecule has 0 aliphatic heterocycles. The van der Waals surface area contributed by atoms with Gasteiger partial charge in [0, 0.05) is 18.2 Å². The van der Waals surface area contributed by atoms with Gasteiger partial charge in [0.1, 0.15) is 17.9 Å². The van der Waals surface area contributed by atoms with Crippen molar-refractivity contribution in [1.29, 1.82) is 0 Å². The molecule has 0 aromatic heterocycles. The molecule has 5 nitrogen and oxygen atoms in total. The lowest BCUT2D eigenvalue weighted by atomic mass is 10.2. The summed E-state index contributed by atoms with van der Waals surface area (Å²) in [7, 11) is 0. The van der Waals surface area contributed by atoms with E-state index in [2.05, 4.69) is 4.74 Å². The average Bonchev–Trinajstić information content (AvgIpc) is 2.32. The third kappa shape index (κ3) is 5.79. The Hall–Kier alpha value is -1.96. The second kappa shape index (κ2) is 6.99. The van der Waals surface area contributed by atoms with Crippen LogP contribution < -0.4 is 10.5 Å². The molecule has 8 heteroatoms. The first kappa shape index (κ1) is 16.1. The van der Waals surface area contributed by atoms with Crippen LogP contribution >= 0.6 is 0 Å². The predicted molar refractivity (Wildman–Crippen MR) is 64.8 cm³/mol. The van der Waals surface area contributed by atoms with Crippen LogP contribution in [-0.2, 0) is 4.74 Å². The van der Waals surface area contributed by atoms with Crippen LogP contribution in [0.2, 0.25) is 0 Å². The Morgan fingerprint density at radius 1 is 1.30 bits per heavy atom. The summed E-state index contributed by atoms with van der Waals surface area (Å²) in [4.78, 5) is 10.9. The standard InChI is InChI=1S/C12H14F3NO4/c13-12(14,15)7-19-4-1-5-20-10-6-8(16)2-3-9(10)11(17)18/h2-3,6H,1,4-5,7,16H2,(H,17,18). The average molecular weight is 293 g/mol. The van der Waals surface area contributed by atoms with Crippen molar-refractivity contribution in [1.82, 2.24) is 0 Å². The summed E-state index contributed by atoms with van der Waals surface area (Å²) in [5.74, 6) is -1.10. The van der Waals surface area contributed by atoms with Crippen LogP contribution in [0.15, 0.2) is 18.2 Å². The topological polar surface area (TPSA) is 81.8 Å². The van der Waals surface area contributed by atoms with E-state index in [1.807, 2.05) is 0 Å². The second-order valence-electron chi connectivity index (χ2n) is 3.93. The lowest BCUT2D eigenvalue weighted by Gasteiger charge is -2.10. The molecule has 1 rings (SSSR count). The minimum absolute atomic E-state index is 0.0294. The summed E-state index contributed by atoms with van der Waals surface area (Å²) < 4.78 is 44.9.